The highest BCUT2D eigenvalue weighted by Crippen LogP contribution is 1.96. The van der Waals surface area contributed by atoms with Crippen LogP contribution in [-0.4, -0.2) is 11.8 Å². The van der Waals surface area contributed by atoms with Gasteiger partial charge in [0, 0.05) is 13.1 Å². The average Bonchev–Trinajstić information content (AvgIpc) is 2.56. The van der Waals surface area contributed by atoms with Crippen molar-refractivity contribution in [2.24, 2.45) is 0 Å². The number of carbonyl (C=O) groups excluding carboxylic acids is 2. The van der Waals surface area contributed by atoms with E-state index in [2.05, 4.69) is 21.7 Å². The van der Waals surface area contributed by atoms with E-state index in [1.54, 1.807) is 0 Å². The van der Waals surface area contributed by atoms with Gasteiger partial charge in [0.25, 0.3) is 0 Å². The van der Waals surface area contributed by atoms with Gasteiger partial charge in [0.15, 0.2) is 0 Å². The number of nitrogens with one attached hydrogen (secondary N) is 4. The fraction of sp³-hybridized carbons (Fsp3) is 0.125. The van der Waals surface area contributed by atoms with Crippen LogP contribution in [0.25, 0.3) is 0 Å². The molecule has 0 saturated carbocycles. The van der Waals surface area contributed by atoms with Gasteiger partial charge >= 0.3 is 11.8 Å². The average molecular weight is 298 g/mol. The minimum absolute atomic E-state index is 0.442. The first-order chi connectivity index (χ1) is 10.8. The third kappa shape index (κ3) is 5.35. The minimum Gasteiger partial charge on any atom is -0.283 e. The van der Waals surface area contributed by atoms with Crippen LogP contribution >= 0.6 is 0 Å². The Morgan fingerprint density at radius 2 is 1.00 bits per heavy atom. The molecule has 0 saturated heterocycles. The summed E-state index contributed by atoms with van der Waals surface area (Å²) in [6, 6.07) is 19.1. The number of rotatable bonds is 6. The number of hydrogen-bond acceptors (Lipinski definition) is 4. The first-order valence-corrected chi connectivity index (χ1v) is 6.89. The quantitative estimate of drug-likeness (QED) is 0.466. The molecule has 0 heterocycles. The van der Waals surface area contributed by atoms with Crippen LogP contribution in [-0.2, 0) is 22.7 Å². The van der Waals surface area contributed by atoms with Crippen LogP contribution in [0.3, 0.4) is 0 Å². The SMILES string of the molecule is O=C(NNCc1ccccc1)C(=O)NNCc1ccccc1. The Kier molecular flexibility index (Phi) is 6.10. The second-order valence-electron chi connectivity index (χ2n) is 4.59. The van der Waals surface area contributed by atoms with Crippen molar-refractivity contribution in [2.75, 3.05) is 0 Å². The van der Waals surface area contributed by atoms with Crippen LogP contribution in [0, 0.1) is 0 Å². The molecule has 4 N–H and O–H groups in total. The van der Waals surface area contributed by atoms with E-state index in [1.807, 2.05) is 60.7 Å². The topological polar surface area (TPSA) is 82.3 Å². The molecule has 114 valence electrons. The maximum atomic E-state index is 11.5. The molecule has 6 nitrogen and oxygen atoms in total. The zero-order valence-corrected chi connectivity index (χ0v) is 12.0. The van der Waals surface area contributed by atoms with Crippen LogP contribution in [0.15, 0.2) is 60.7 Å². The zero-order chi connectivity index (χ0) is 15.6. The second-order valence-corrected chi connectivity index (χ2v) is 4.59. The highest BCUT2D eigenvalue weighted by atomic mass is 16.2. The summed E-state index contributed by atoms with van der Waals surface area (Å²) in [6.45, 7) is 0.884. The lowest BCUT2D eigenvalue weighted by Crippen LogP contribution is -2.49. The summed E-state index contributed by atoms with van der Waals surface area (Å²) < 4.78 is 0. The van der Waals surface area contributed by atoms with Gasteiger partial charge in [0.2, 0.25) is 0 Å². The Balaban J connectivity index is 1.63. The van der Waals surface area contributed by atoms with Crippen LogP contribution < -0.4 is 21.7 Å². The van der Waals surface area contributed by atoms with Gasteiger partial charge in [-0.1, -0.05) is 60.7 Å². The molecule has 2 rings (SSSR count). The van der Waals surface area contributed by atoms with Crippen molar-refractivity contribution in [3.8, 4) is 0 Å². The molecule has 0 aromatic heterocycles. The largest absolute Gasteiger partial charge is 0.324 e. The summed E-state index contributed by atoms with van der Waals surface area (Å²) in [5.41, 5.74) is 12.1. The molecule has 6 heteroatoms. The number of carbonyl (C=O) groups is 2. The van der Waals surface area contributed by atoms with Crippen molar-refractivity contribution in [3.63, 3.8) is 0 Å². The van der Waals surface area contributed by atoms with Gasteiger partial charge in [0.05, 0.1) is 0 Å². The highest BCUT2D eigenvalue weighted by molar-refractivity contribution is 6.34. The maximum Gasteiger partial charge on any atom is 0.324 e. The van der Waals surface area contributed by atoms with Gasteiger partial charge in [-0.15, -0.1) is 0 Å². The smallest absolute Gasteiger partial charge is 0.283 e. The molecule has 0 atom stereocenters. The van der Waals surface area contributed by atoms with Gasteiger partial charge in [-0.3, -0.25) is 20.4 Å². The van der Waals surface area contributed by atoms with Gasteiger partial charge in [0.1, 0.15) is 0 Å². The normalized spacial score (nSPS) is 10.0. The van der Waals surface area contributed by atoms with Crippen LogP contribution in [0.5, 0.6) is 0 Å². The van der Waals surface area contributed by atoms with Crippen molar-refractivity contribution < 1.29 is 9.59 Å². The van der Waals surface area contributed by atoms with Gasteiger partial charge in [-0.2, -0.15) is 0 Å². The van der Waals surface area contributed by atoms with Crippen molar-refractivity contribution >= 4 is 11.8 Å². The monoisotopic (exact) mass is 298 g/mol. The first kappa shape index (κ1) is 15.7. The molecular formula is C16H18N4O2. The van der Waals surface area contributed by atoms with Crippen LogP contribution in [0.4, 0.5) is 0 Å². The predicted molar refractivity (Wildman–Crippen MR) is 82.8 cm³/mol. The lowest BCUT2D eigenvalue weighted by atomic mass is 10.2. The van der Waals surface area contributed by atoms with E-state index in [4.69, 9.17) is 0 Å². The standard InChI is InChI=1S/C16H18N4O2/c21-15(19-17-11-13-7-3-1-4-8-13)16(22)20-18-12-14-9-5-2-6-10-14/h1-10,17-18H,11-12H2,(H,19,21)(H,20,22). The molecule has 0 fully saturated rings. The first-order valence-electron chi connectivity index (χ1n) is 6.89. The second kappa shape index (κ2) is 8.56. The maximum absolute atomic E-state index is 11.5. The van der Waals surface area contributed by atoms with Gasteiger partial charge < -0.3 is 0 Å². The molecule has 0 spiro atoms. The summed E-state index contributed by atoms with van der Waals surface area (Å²) in [4.78, 5) is 23.1. The third-order valence-corrected chi connectivity index (χ3v) is 2.88. The molecular weight excluding hydrogens is 280 g/mol. The Hall–Kier alpha value is -2.70. The van der Waals surface area contributed by atoms with E-state index in [9.17, 15) is 9.59 Å². The van der Waals surface area contributed by atoms with Gasteiger partial charge in [-0.05, 0) is 11.1 Å². The molecule has 2 aromatic carbocycles. The lowest BCUT2D eigenvalue weighted by molar-refractivity contribution is -0.140. The molecule has 0 bridgehead atoms. The van der Waals surface area contributed by atoms with Crippen LogP contribution in [0.1, 0.15) is 11.1 Å². The molecule has 2 aromatic rings. The van der Waals surface area contributed by atoms with E-state index in [-0.39, 0.29) is 0 Å². The minimum atomic E-state index is -0.753. The third-order valence-electron chi connectivity index (χ3n) is 2.88. The summed E-state index contributed by atoms with van der Waals surface area (Å²) >= 11 is 0. The molecule has 0 unspecified atom stereocenters. The fourth-order valence-corrected chi connectivity index (χ4v) is 1.76. The fourth-order valence-electron chi connectivity index (χ4n) is 1.76. The highest BCUT2D eigenvalue weighted by Gasteiger charge is 2.11. The molecule has 0 aliphatic heterocycles. The van der Waals surface area contributed by atoms with E-state index in [0.717, 1.165) is 11.1 Å². The lowest BCUT2D eigenvalue weighted by Gasteiger charge is -2.09. The number of hydrazine groups is 2. The summed E-state index contributed by atoms with van der Waals surface area (Å²) in [5, 5.41) is 0. The van der Waals surface area contributed by atoms with Crippen LogP contribution in [0.2, 0.25) is 0 Å². The van der Waals surface area contributed by atoms with Crippen molar-refractivity contribution in [3.05, 3.63) is 71.8 Å². The Morgan fingerprint density at radius 3 is 1.36 bits per heavy atom. The molecule has 22 heavy (non-hydrogen) atoms. The Bertz CT molecular complexity index is 547. The van der Waals surface area contributed by atoms with E-state index >= 15 is 0 Å². The van der Waals surface area contributed by atoms with Crippen molar-refractivity contribution in [2.45, 2.75) is 13.1 Å². The number of hydrogen-bond donors (Lipinski definition) is 4. The molecule has 0 aliphatic rings. The van der Waals surface area contributed by atoms with E-state index in [1.165, 1.54) is 0 Å². The van der Waals surface area contributed by atoms with Gasteiger partial charge in [-0.25, -0.2) is 10.9 Å². The predicted octanol–water partition coefficient (Wildman–Crippen LogP) is 0.628. The molecule has 0 aliphatic carbocycles. The Morgan fingerprint density at radius 1 is 0.636 bits per heavy atom. The summed E-state index contributed by atoms with van der Waals surface area (Å²) in [7, 11) is 0. The summed E-state index contributed by atoms with van der Waals surface area (Å²) in [5.74, 6) is -1.51. The summed E-state index contributed by atoms with van der Waals surface area (Å²) in [6.07, 6.45) is 0. The number of benzene rings is 2. The molecule has 0 radical (unpaired) electrons. The zero-order valence-electron chi connectivity index (χ0n) is 12.0. The van der Waals surface area contributed by atoms with Crippen molar-refractivity contribution in [1.29, 1.82) is 0 Å². The van der Waals surface area contributed by atoms with Crippen molar-refractivity contribution in [1.82, 2.24) is 21.7 Å². The Labute approximate surface area is 128 Å². The van der Waals surface area contributed by atoms with E-state index < -0.39 is 11.8 Å². The molecule has 2 amide bonds. The van der Waals surface area contributed by atoms with E-state index in [0.29, 0.717) is 13.1 Å². The number of amides is 2.